The normalized spacial score (nSPS) is 11.5. The predicted molar refractivity (Wildman–Crippen MR) is 108 cm³/mol. The van der Waals surface area contributed by atoms with E-state index in [1.54, 1.807) is 24.3 Å². The lowest BCUT2D eigenvalue weighted by atomic mass is 10.1. The number of ether oxygens (including phenoxy) is 1. The minimum absolute atomic E-state index is 0.119. The molecule has 0 saturated carbocycles. The van der Waals surface area contributed by atoms with Crippen LogP contribution in [0.4, 0.5) is 13.2 Å². The number of halogens is 3. The third kappa shape index (κ3) is 4.87. The molecule has 31 heavy (non-hydrogen) atoms. The molecule has 0 saturated heterocycles. The molecule has 0 spiro atoms. The van der Waals surface area contributed by atoms with Crippen LogP contribution in [-0.4, -0.2) is 27.4 Å². The summed E-state index contributed by atoms with van der Waals surface area (Å²) in [5.41, 5.74) is -0.820. The fourth-order valence-corrected chi connectivity index (χ4v) is 3.22. The number of hydrogen-bond donors (Lipinski definition) is 0. The van der Waals surface area contributed by atoms with Gasteiger partial charge in [-0.15, -0.1) is 5.10 Å². The van der Waals surface area contributed by atoms with E-state index in [1.807, 2.05) is 6.92 Å². The van der Waals surface area contributed by atoms with E-state index in [0.29, 0.717) is 23.4 Å². The number of carbonyl (C=O) groups is 1. The van der Waals surface area contributed by atoms with E-state index in [0.717, 1.165) is 23.6 Å². The highest BCUT2D eigenvalue weighted by molar-refractivity contribution is 5.89. The maximum absolute atomic E-state index is 13.5. The van der Waals surface area contributed by atoms with Crippen molar-refractivity contribution in [2.75, 3.05) is 7.11 Å². The Morgan fingerprint density at radius 1 is 1.10 bits per heavy atom. The second kappa shape index (κ2) is 9.20. The molecule has 1 heterocycles. The van der Waals surface area contributed by atoms with Crippen LogP contribution in [0.15, 0.2) is 53.3 Å². The van der Waals surface area contributed by atoms with Crippen LogP contribution in [0.2, 0.25) is 0 Å². The monoisotopic (exact) mass is 433 g/mol. The van der Waals surface area contributed by atoms with Gasteiger partial charge in [0, 0.05) is 6.42 Å². The average molecular weight is 433 g/mol. The molecule has 0 atom stereocenters. The molecule has 0 radical (unpaired) electrons. The van der Waals surface area contributed by atoms with Gasteiger partial charge in [-0.3, -0.25) is 4.57 Å². The maximum atomic E-state index is 13.5. The zero-order valence-corrected chi connectivity index (χ0v) is 17.1. The summed E-state index contributed by atoms with van der Waals surface area (Å²) < 4.78 is 47.3. The number of benzene rings is 2. The van der Waals surface area contributed by atoms with Crippen molar-refractivity contribution in [3.8, 4) is 5.69 Å². The number of esters is 1. The van der Waals surface area contributed by atoms with Crippen molar-refractivity contribution >= 4 is 5.97 Å². The summed E-state index contributed by atoms with van der Waals surface area (Å²) in [5.74, 6) is -0.0789. The second-order valence-electron chi connectivity index (χ2n) is 7.00. The van der Waals surface area contributed by atoms with Crippen LogP contribution in [0.1, 0.15) is 47.1 Å². The number of unbranched alkanes of at least 4 members (excludes halogenated alkanes) is 1. The molecule has 164 valence electrons. The summed E-state index contributed by atoms with van der Waals surface area (Å²) in [6, 6.07) is 11.4. The van der Waals surface area contributed by atoms with Gasteiger partial charge in [0.05, 0.1) is 30.5 Å². The van der Waals surface area contributed by atoms with Crippen molar-refractivity contribution < 1.29 is 22.7 Å². The molecule has 6 nitrogen and oxygen atoms in total. The molecule has 0 aliphatic heterocycles. The lowest BCUT2D eigenvalue weighted by molar-refractivity contribution is -0.137. The van der Waals surface area contributed by atoms with Crippen LogP contribution in [0.3, 0.4) is 0 Å². The minimum atomic E-state index is -4.62. The number of para-hydroxylation sites is 1. The first-order valence-corrected chi connectivity index (χ1v) is 9.78. The molecule has 3 aromatic rings. The molecule has 0 N–H and O–H groups in total. The summed E-state index contributed by atoms with van der Waals surface area (Å²) in [7, 11) is 1.28. The first-order valence-electron chi connectivity index (χ1n) is 9.78. The van der Waals surface area contributed by atoms with Crippen LogP contribution in [-0.2, 0) is 23.9 Å². The maximum Gasteiger partial charge on any atom is 0.418 e. The van der Waals surface area contributed by atoms with Gasteiger partial charge in [-0.2, -0.15) is 17.9 Å². The Balaban J connectivity index is 2.05. The van der Waals surface area contributed by atoms with E-state index in [9.17, 15) is 22.8 Å². The molecular weight excluding hydrogens is 411 g/mol. The Hall–Kier alpha value is -3.36. The van der Waals surface area contributed by atoms with Crippen LogP contribution < -0.4 is 5.69 Å². The Bertz CT molecular complexity index is 1120. The van der Waals surface area contributed by atoms with Crippen LogP contribution >= 0.6 is 0 Å². The molecule has 0 fully saturated rings. The first kappa shape index (κ1) is 22.3. The SMILES string of the molecule is CCCCc1nn(-c2ccccc2C(F)(F)F)c(=O)n1Cc1ccc(C(=O)OC)cc1. The van der Waals surface area contributed by atoms with Crippen molar-refractivity contribution in [3.63, 3.8) is 0 Å². The Morgan fingerprint density at radius 3 is 2.39 bits per heavy atom. The zero-order chi connectivity index (χ0) is 22.6. The van der Waals surface area contributed by atoms with Crippen LogP contribution in [0.25, 0.3) is 5.69 Å². The Morgan fingerprint density at radius 2 is 1.77 bits per heavy atom. The molecule has 2 aromatic carbocycles. The summed E-state index contributed by atoms with van der Waals surface area (Å²) >= 11 is 0. The number of hydrogen-bond acceptors (Lipinski definition) is 4. The van der Waals surface area contributed by atoms with Gasteiger partial charge in [0.25, 0.3) is 0 Å². The highest BCUT2D eigenvalue weighted by Crippen LogP contribution is 2.33. The van der Waals surface area contributed by atoms with E-state index in [2.05, 4.69) is 9.84 Å². The summed E-state index contributed by atoms with van der Waals surface area (Å²) in [4.78, 5) is 24.7. The van der Waals surface area contributed by atoms with Gasteiger partial charge in [-0.05, 0) is 36.2 Å². The number of carbonyl (C=O) groups excluding carboxylic acids is 1. The molecular formula is C22H22F3N3O3. The smallest absolute Gasteiger partial charge is 0.418 e. The number of alkyl halides is 3. The lowest BCUT2D eigenvalue weighted by Crippen LogP contribution is -2.26. The van der Waals surface area contributed by atoms with Crippen LogP contribution in [0, 0.1) is 0 Å². The average Bonchev–Trinajstić information content (AvgIpc) is 3.06. The van der Waals surface area contributed by atoms with Gasteiger partial charge in [0.1, 0.15) is 5.82 Å². The van der Waals surface area contributed by atoms with Crippen molar-refractivity contribution in [1.29, 1.82) is 0 Å². The van der Waals surface area contributed by atoms with Gasteiger partial charge in [0.15, 0.2) is 0 Å². The second-order valence-corrected chi connectivity index (χ2v) is 7.00. The highest BCUT2D eigenvalue weighted by atomic mass is 19.4. The van der Waals surface area contributed by atoms with E-state index < -0.39 is 23.4 Å². The lowest BCUT2D eigenvalue weighted by Gasteiger charge is -2.11. The third-order valence-corrected chi connectivity index (χ3v) is 4.85. The summed E-state index contributed by atoms with van der Waals surface area (Å²) in [6.45, 7) is 2.09. The quantitative estimate of drug-likeness (QED) is 0.523. The largest absolute Gasteiger partial charge is 0.465 e. The van der Waals surface area contributed by atoms with Gasteiger partial charge in [0.2, 0.25) is 0 Å². The van der Waals surface area contributed by atoms with Gasteiger partial charge >= 0.3 is 17.8 Å². The third-order valence-electron chi connectivity index (χ3n) is 4.85. The van der Waals surface area contributed by atoms with Gasteiger partial charge in [-0.25, -0.2) is 9.59 Å². The number of rotatable bonds is 7. The number of nitrogens with zero attached hydrogens (tertiary/aromatic N) is 3. The van der Waals surface area contributed by atoms with Gasteiger partial charge in [-0.1, -0.05) is 37.6 Å². The molecule has 0 unspecified atom stereocenters. The zero-order valence-electron chi connectivity index (χ0n) is 17.1. The van der Waals surface area contributed by atoms with Crippen molar-refractivity contribution in [2.45, 2.75) is 38.9 Å². The van der Waals surface area contributed by atoms with Crippen molar-refractivity contribution in [3.05, 3.63) is 81.5 Å². The molecule has 0 aliphatic carbocycles. The summed E-state index contributed by atoms with van der Waals surface area (Å²) in [6.07, 6.45) is -2.59. The molecule has 3 rings (SSSR count). The Kier molecular flexibility index (Phi) is 6.62. The van der Waals surface area contributed by atoms with Crippen LogP contribution in [0.5, 0.6) is 0 Å². The minimum Gasteiger partial charge on any atom is -0.465 e. The van der Waals surface area contributed by atoms with E-state index in [-0.39, 0.29) is 12.2 Å². The number of methoxy groups -OCH3 is 1. The topological polar surface area (TPSA) is 66.1 Å². The first-order chi connectivity index (χ1) is 14.8. The number of aromatic nitrogens is 3. The van der Waals surface area contributed by atoms with Crippen molar-refractivity contribution in [2.24, 2.45) is 0 Å². The molecule has 0 aliphatic rings. The van der Waals surface area contributed by atoms with E-state index in [1.165, 1.54) is 29.9 Å². The molecule has 0 amide bonds. The van der Waals surface area contributed by atoms with E-state index in [4.69, 9.17) is 0 Å². The Labute approximate surface area is 176 Å². The van der Waals surface area contributed by atoms with E-state index >= 15 is 0 Å². The summed E-state index contributed by atoms with van der Waals surface area (Å²) in [5, 5.41) is 4.24. The standard InChI is InChI=1S/C22H22F3N3O3/c1-3-4-9-19-26-28(18-8-6-5-7-17(18)22(23,24)25)21(30)27(19)14-15-10-12-16(13-11-15)20(29)31-2/h5-8,10-13H,3-4,9,14H2,1-2H3. The highest BCUT2D eigenvalue weighted by Gasteiger charge is 2.34. The van der Waals surface area contributed by atoms with Gasteiger partial charge < -0.3 is 4.74 Å². The molecule has 1 aromatic heterocycles. The fourth-order valence-electron chi connectivity index (χ4n) is 3.22. The number of aryl methyl sites for hydroxylation is 1. The molecule has 9 heteroatoms. The predicted octanol–water partition coefficient (Wildman–Crippen LogP) is 4.23. The van der Waals surface area contributed by atoms with Crippen molar-refractivity contribution in [1.82, 2.24) is 14.3 Å². The molecule has 0 bridgehead atoms. The fraction of sp³-hybridized carbons (Fsp3) is 0.318.